The molecule has 0 bridgehead atoms. The first kappa shape index (κ1) is 15.6. The van der Waals surface area contributed by atoms with E-state index in [0.29, 0.717) is 17.9 Å². The van der Waals surface area contributed by atoms with Crippen LogP contribution in [0.5, 0.6) is 5.75 Å². The number of likely N-dealkylation sites (N-methyl/N-ethyl adjacent to an activating group) is 1. The van der Waals surface area contributed by atoms with E-state index >= 15 is 0 Å². The van der Waals surface area contributed by atoms with Crippen LogP contribution in [-0.2, 0) is 16.0 Å². The summed E-state index contributed by atoms with van der Waals surface area (Å²) in [5.41, 5.74) is 1.56. The number of anilines is 1. The summed E-state index contributed by atoms with van der Waals surface area (Å²) in [5, 5.41) is 5.31. The molecule has 0 aliphatic carbocycles. The van der Waals surface area contributed by atoms with Crippen LogP contribution in [0.25, 0.3) is 0 Å². The quantitative estimate of drug-likeness (QED) is 0.857. The molecular formula is C17H18N2O3. The number of carbonyl (C=O) groups excluding carboxylic acids is 2. The third kappa shape index (κ3) is 4.94. The largest absolute Gasteiger partial charge is 0.484 e. The average Bonchev–Trinajstić information content (AvgIpc) is 2.55. The normalized spacial score (nSPS) is 9.86. The van der Waals surface area contributed by atoms with Gasteiger partial charge in [-0.2, -0.15) is 0 Å². The minimum atomic E-state index is -0.233. The van der Waals surface area contributed by atoms with Crippen LogP contribution < -0.4 is 15.4 Å². The fraction of sp³-hybridized carbons (Fsp3) is 0.176. The van der Waals surface area contributed by atoms with E-state index in [1.165, 1.54) is 0 Å². The van der Waals surface area contributed by atoms with Gasteiger partial charge >= 0.3 is 0 Å². The molecule has 5 nitrogen and oxygen atoms in total. The number of benzene rings is 2. The van der Waals surface area contributed by atoms with Gasteiger partial charge in [-0.05, 0) is 29.8 Å². The highest BCUT2D eigenvalue weighted by Gasteiger charge is 2.05. The molecule has 0 aliphatic rings. The van der Waals surface area contributed by atoms with E-state index in [1.807, 2.05) is 30.3 Å². The Morgan fingerprint density at radius 1 is 0.955 bits per heavy atom. The lowest BCUT2D eigenvalue weighted by Gasteiger charge is -2.08. The van der Waals surface area contributed by atoms with Gasteiger partial charge in [0.1, 0.15) is 5.75 Å². The van der Waals surface area contributed by atoms with Crippen LogP contribution in [-0.4, -0.2) is 25.5 Å². The second-order valence-electron chi connectivity index (χ2n) is 4.70. The van der Waals surface area contributed by atoms with E-state index in [1.54, 1.807) is 31.3 Å². The monoisotopic (exact) mass is 298 g/mol. The number of nitrogens with one attached hydrogen (secondary N) is 2. The maximum absolute atomic E-state index is 11.8. The molecule has 0 unspecified atom stereocenters. The van der Waals surface area contributed by atoms with Crippen molar-refractivity contribution in [1.29, 1.82) is 0 Å². The molecule has 0 aliphatic heterocycles. The summed E-state index contributed by atoms with van der Waals surface area (Å²) in [5.74, 6) is 0.370. The first-order valence-corrected chi connectivity index (χ1v) is 6.94. The Hall–Kier alpha value is -2.82. The van der Waals surface area contributed by atoms with Gasteiger partial charge in [0.2, 0.25) is 5.91 Å². The molecule has 2 aromatic rings. The molecule has 2 N–H and O–H groups in total. The molecule has 0 fully saturated rings. The zero-order chi connectivity index (χ0) is 15.8. The van der Waals surface area contributed by atoms with Crippen molar-refractivity contribution in [1.82, 2.24) is 5.32 Å². The predicted octanol–water partition coefficient (Wildman–Crippen LogP) is 1.99. The van der Waals surface area contributed by atoms with Crippen LogP contribution in [0.2, 0.25) is 0 Å². The van der Waals surface area contributed by atoms with E-state index in [2.05, 4.69) is 10.6 Å². The van der Waals surface area contributed by atoms with Crippen LogP contribution in [0.3, 0.4) is 0 Å². The highest BCUT2D eigenvalue weighted by atomic mass is 16.5. The molecule has 0 heterocycles. The molecule has 22 heavy (non-hydrogen) atoms. The standard InChI is InChI=1S/C17H18N2O3/c1-18-16(20)11-13-7-9-14(10-8-13)19-17(21)12-22-15-5-3-2-4-6-15/h2-10H,11-12H2,1H3,(H,18,20)(H,19,21). The van der Waals surface area contributed by atoms with Crippen molar-refractivity contribution in [3.05, 3.63) is 60.2 Å². The second-order valence-corrected chi connectivity index (χ2v) is 4.70. The zero-order valence-corrected chi connectivity index (χ0v) is 12.3. The molecule has 114 valence electrons. The van der Waals surface area contributed by atoms with Gasteiger partial charge in [0.25, 0.3) is 5.91 Å². The van der Waals surface area contributed by atoms with E-state index < -0.39 is 0 Å². The van der Waals surface area contributed by atoms with E-state index in [0.717, 1.165) is 5.56 Å². The van der Waals surface area contributed by atoms with Crippen LogP contribution in [0, 0.1) is 0 Å². The summed E-state index contributed by atoms with van der Waals surface area (Å²) in [6.07, 6.45) is 0.321. The summed E-state index contributed by atoms with van der Waals surface area (Å²) in [4.78, 5) is 23.1. The number of hydrogen-bond donors (Lipinski definition) is 2. The first-order valence-electron chi connectivity index (χ1n) is 6.94. The molecular weight excluding hydrogens is 280 g/mol. The predicted molar refractivity (Wildman–Crippen MR) is 84.8 cm³/mol. The smallest absolute Gasteiger partial charge is 0.262 e. The summed E-state index contributed by atoms with van der Waals surface area (Å²) >= 11 is 0. The van der Waals surface area contributed by atoms with Gasteiger partial charge in [-0.3, -0.25) is 9.59 Å². The summed E-state index contributed by atoms with van der Waals surface area (Å²) in [6.45, 7) is -0.0516. The van der Waals surface area contributed by atoms with Gasteiger partial charge in [-0.25, -0.2) is 0 Å². The van der Waals surface area contributed by atoms with E-state index in [9.17, 15) is 9.59 Å². The summed E-state index contributed by atoms with van der Waals surface area (Å²) in [7, 11) is 1.60. The topological polar surface area (TPSA) is 67.4 Å². The van der Waals surface area contributed by atoms with Crippen molar-refractivity contribution in [2.75, 3.05) is 19.0 Å². The molecule has 2 aromatic carbocycles. The molecule has 0 saturated heterocycles. The van der Waals surface area contributed by atoms with Crippen molar-refractivity contribution in [2.45, 2.75) is 6.42 Å². The minimum absolute atomic E-state index is 0.0481. The third-order valence-electron chi connectivity index (χ3n) is 2.99. The van der Waals surface area contributed by atoms with Crippen molar-refractivity contribution < 1.29 is 14.3 Å². The molecule has 5 heteroatoms. The van der Waals surface area contributed by atoms with Gasteiger partial charge in [0.15, 0.2) is 6.61 Å². The molecule has 0 atom stereocenters. The van der Waals surface area contributed by atoms with E-state index in [-0.39, 0.29) is 18.4 Å². The Balaban J connectivity index is 1.82. The number of amides is 2. The zero-order valence-electron chi connectivity index (χ0n) is 12.3. The summed E-state index contributed by atoms with van der Waals surface area (Å²) in [6, 6.07) is 16.3. The van der Waals surface area contributed by atoms with E-state index in [4.69, 9.17) is 4.74 Å². The molecule has 0 aromatic heterocycles. The fourth-order valence-corrected chi connectivity index (χ4v) is 1.84. The highest BCUT2D eigenvalue weighted by molar-refractivity contribution is 5.91. The third-order valence-corrected chi connectivity index (χ3v) is 2.99. The molecule has 2 amide bonds. The number of hydrogen-bond acceptors (Lipinski definition) is 3. The van der Waals surface area contributed by atoms with Gasteiger partial charge in [-0.1, -0.05) is 30.3 Å². The van der Waals surface area contributed by atoms with Crippen LogP contribution in [0.1, 0.15) is 5.56 Å². The Kier molecular flexibility index (Phi) is 5.54. The SMILES string of the molecule is CNC(=O)Cc1ccc(NC(=O)COc2ccccc2)cc1. The highest BCUT2D eigenvalue weighted by Crippen LogP contribution is 2.11. The number of carbonyl (C=O) groups is 2. The molecule has 0 saturated carbocycles. The first-order chi connectivity index (χ1) is 10.7. The van der Waals surface area contributed by atoms with Crippen molar-refractivity contribution in [2.24, 2.45) is 0 Å². The molecule has 0 spiro atoms. The molecule has 2 rings (SSSR count). The second kappa shape index (κ2) is 7.83. The maximum atomic E-state index is 11.8. The fourth-order valence-electron chi connectivity index (χ4n) is 1.84. The van der Waals surface area contributed by atoms with Gasteiger partial charge < -0.3 is 15.4 Å². The van der Waals surface area contributed by atoms with Crippen molar-refractivity contribution in [3.63, 3.8) is 0 Å². The van der Waals surface area contributed by atoms with Crippen LogP contribution in [0.4, 0.5) is 5.69 Å². The van der Waals surface area contributed by atoms with Crippen molar-refractivity contribution >= 4 is 17.5 Å². The lowest BCUT2D eigenvalue weighted by Crippen LogP contribution is -2.21. The van der Waals surface area contributed by atoms with Crippen molar-refractivity contribution in [3.8, 4) is 5.75 Å². The Bertz CT molecular complexity index is 624. The van der Waals surface area contributed by atoms with Crippen LogP contribution in [0.15, 0.2) is 54.6 Å². The average molecular weight is 298 g/mol. The Morgan fingerprint density at radius 3 is 2.27 bits per heavy atom. The number of para-hydroxylation sites is 1. The summed E-state index contributed by atoms with van der Waals surface area (Å²) < 4.78 is 5.37. The van der Waals surface area contributed by atoms with Crippen LogP contribution >= 0.6 is 0 Å². The minimum Gasteiger partial charge on any atom is -0.484 e. The lowest BCUT2D eigenvalue weighted by molar-refractivity contribution is -0.120. The lowest BCUT2D eigenvalue weighted by atomic mass is 10.1. The molecule has 0 radical (unpaired) electrons. The van der Waals surface area contributed by atoms with Gasteiger partial charge in [-0.15, -0.1) is 0 Å². The maximum Gasteiger partial charge on any atom is 0.262 e. The number of rotatable bonds is 6. The van der Waals surface area contributed by atoms with Gasteiger partial charge in [0, 0.05) is 12.7 Å². The van der Waals surface area contributed by atoms with Gasteiger partial charge in [0.05, 0.1) is 6.42 Å². The number of ether oxygens (including phenoxy) is 1. The Morgan fingerprint density at radius 2 is 1.64 bits per heavy atom. The Labute approximate surface area is 129 Å².